The molecule has 0 saturated carbocycles. The van der Waals surface area contributed by atoms with Gasteiger partial charge in [0.2, 0.25) is 0 Å². The summed E-state index contributed by atoms with van der Waals surface area (Å²) in [7, 11) is 0. The third kappa shape index (κ3) is 3.24. The van der Waals surface area contributed by atoms with Crippen molar-refractivity contribution in [3.63, 3.8) is 0 Å². The van der Waals surface area contributed by atoms with Gasteiger partial charge in [-0.1, -0.05) is 0 Å². The largest absolute Gasteiger partial charge is 0.395 e. The molecule has 0 aromatic carbocycles. The second-order valence-electron chi connectivity index (χ2n) is 3.22. The summed E-state index contributed by atoms with van der Waals surface area (Å²) in [4.78, 5) is 7.84. The third-order valence-electron chi connectivity index (χ3n) is 2.15. The number of nitrogens with one attached hydrogen (secondary N) is 1. The van der Waals surface area contributed by atoms with Crippen molar-refractivity contribution in [2.75, 3.05) is 23.9 Å². The SMILES string of the molecule is CSC(CO)C(C)Nc1ncncc1N. The maximum Gasteiger partial charge on any atom is 0.152 e. The van der Waals surface area contributed by atoms with Crippen molar-refractivity contribution in [2.24, 2.45) is 0 Å². The Kier molecular flexibility index (Phi) is 4.64. The molecule has 2 unspecified atom stereocenters. The molecular formula is C9H16N4OS. The van der Waals surface area contributed by atoms with Crippen LogP contribution in [0.2, 0.25) is 0 Å². The summed E-state index contributed by atoms with van der Waals surface area (Å²) in [6.07, 6.45) is 4.95. The van der Waals surface area contributed by atoms with Crippen LogP contribution >= 0.6 is 11.8 Å². The van der Waals surface area contributed by atoms with E-state index in [1.165, 1.54) is 6.33 Å². The van der Waals surface area contributed by atoms with Gasteiger partial charge in [-0.2, -0.15) is 11.8 Å². The maximum atomic E-state index is 9.12. The molecule has 0 radical (unpaired) electrons. The fourth-order valence-electron chi connectivity index (χ4n) is 1.21. The van der Waals surface area contributed by atoms with Crippen molar-refractivity contribution in [2.45, 2.75) is 18.2 Å². The van der Waals surface area contributed by atoms with Crippen LogP contribution in [0, 0.1) is 0 Å². The molecule has 0 aliphatic rings. The van der Waals surface area contributed by atoms with Crippen LogP contribution in [-0.4, -0.2) is 39.2 Å². The maximum absolute atomic E-state index is 9.12. The van der Waals surface area contributed by atoms with E-state index in [0.29, 0.717) is 11.5 Å². The minimum Gasteiger partial charge on any atom is -0.395 e. The highest BCUT2D eigenvalue weighted by Gasteiger charge is 2.16. The number of rotatable bonds is 5. The summed E-state index contributed by atoms with van der Waals surface area (Å²) in [5.74, 6) is 0.616. The Morgan fingerprint density at radius 3 is 2.93 bits per heavy atom. The van der Waals surface area contributed by atoms with Crippen molar-refractivity contribution in [3.8, 4) is 0 Å². The molecule has 84 valence electrons. The molecule has 1 aromatic heterocycles. The summed E-state index contributed by atoms with van der Waals surface area (Å²) >= 11 is 1.61. The molecule has 2 atom stereocenters. The predicted molar refractivity (Wildman–Crippen MR) is 63.9 cm³/mol. The average molecular weight is 228 g/mol. The van der Waals surface area contributed by atoms with Crippen LogP contribution in [0.25, 0.3) is 0 Å². The lowest BCUT2D eigenvalue weighted by Crippen LogP contribution is -2.31. The molecule has 15 heavy (non-hydrogen) atoms. The summed E-state index contributed by atoms with van der Waals surface area (Å²) in [5.41, 5.74) is 6.21. The fraction of sp³-hybridized carbons (Fsp3) is 0.556. The molecule has 0 spiro atoms. The van der Waals surface area contributed by atoms with Crippen LogP contribution in [0.4, 0.5) is 11.5 Å². The van der Waals surface area contributed by atoms with Gasteiger partial charge >= 0.3 is 0 Å². The van der Waals surface area contributed by atoms with Gasteiger partial charge in [-0.25, -0.2) is 9.97 Å². The van der Waals surface area contributed by atoms with Gasteiger partial charge in [0.1, 0.15) is 6.33 Å². The Labute approximate surface area is 93.5 Å². The highest BCUT2D eigenvalue weighted by atomic mass is 32.2. The van der Waals surface area contributed by atoms with Crippen LogP contribution in [0.5, 0.6) is 0 Å². The van der Waals surface area contributed by atoms with Gasteiger partial charge in [0, 0.05) is 11.3 Å². The van der Waals surface area contributed by atoms with E-state index in [1.807, 2.05) is 13.2 Å². The van der Waals surface area contributed by atoms with Gasteiger partial charge in [-0.05, 0) is 13.2 Å². The molecule has 1 aromatic rings. The fourth-order valence-corrected chi connectivity index (χ4v) is 1.83. The molecule has 6 heteroatoms. The van der Waals surface area contributed by atoms with Crippen LogP contribution in [0.15, 0.2) is 12.5 Å². The summed E-state index contributed by atoms with van der Waals surface area (Å²) in [6.45, 7) is 2.11. The predicted octanol–water partition coefficient (Wildman–Crippen LogP) is 0.583. The molecule has 0 fully saturated rings. The van der Waals surface area contributed by atoms with Gasteiger partial charge in [0.05, 0.1) is 18.5 Å². The lowest BCUT2D eigenvalue weighted by Gasteiger charge is -2.22. The molecule has 0 amide bonds. The molecule has 0 saturated heterocycles. The number of hydrogen-bond acceptors (Lipinski definition) is 6. The zero-order valence-electron chi connectivity index (χ0n) is 8.84. The van der Waals surface area contributed by atoms with E-state index in [9.17, 15) is 0 Å². The number of hydrogen-bond donors (Lipinski definition) is 3. The van der Waals surface area contributed by atoms with Gasteiger partial charge in [-0.3, -0.25) is 0 Å². The Morgan fingerprint density at radius 1 is 1.67 bits per heavy atom. The Bertz CT molecular complexity index is 306. The van der Waals surface area contributed by atoms with E-state index < -0.39 is 0 Å². The first-order valence-electron chi connectivity index (χ1n) is 4.64. The number of aromatic nitrogens is 2. The van der Waals surface area contributed by atoms with Crippen LogP contribution < -0.4 is 11.1 Å². The second kappa shape index (κ2) is 5.77. The summed E-state index contributed by atoms with van der Waals surface area (Å²) in [6, 6.07) is 0.0993. The van der Waals surface area contributed by atoms with Crippen molar-refractivity contribution in [3.05, 3.63) is 12.5 Å². The number of nitrogen functional groups attached to an aromatic ring is 1. The number of aliphatic hydroxyl groups is 1. The number of aliphatic hydroxyl groups excluding tert-OH is 1. The molecule has 0 aliphatic carbocycles. The van der Waals surface area contributed by atoms with E-state index in [1.54, 1.807) is 18.0 Å². The number of thioether (sulfide) groups is 1. The van der Waals surface area contributed by atoms with E-state index in [-0.39, 0.29) is 17.9 Å². The Balaban J connectivity index is 2.65. The number of nitrogens with two attached hydrogens (primary N) is 1. The molecule has 0 aliphatic heterocycles. The van der Waals surface area contributed by atoms with Crippen LogP contribution in [0.3, 0.4) is 0 Å². The molecule has 5 nitrogen and oxygen atoms in total. The van der Waals surface area contributed by atoms with Gasteiger partial charge in [0.25, 0.3) is 0 Å². The van der Waals surface area contributed by atoms with E-state index in [0.717, 1.165) is 0 Å². The van der Waals surface area contributed by atoms with E-state index in [4.69, 9.17) is 10.8 Å². The molecular weight excluding hydrogens is 212 g/mol. The van der Waals surface area contributed by atoms with Gasteiger partial charge in [-0.15, -0.1) is 0 Å². The zero-order chi connectivity index (χ0) is 11.3. The van der Waals surface area contributed by atoms with Crippen LogP contribution in [-0.2, 0) is 0 Å². The molecule has 1 heterocycles. The minimum atomic E-state index is 0.0993. The third-order valence-corrected chi connectivity index (χ3v) is 3.31. The second-order valence-corrected chi connectivity index (χ2v) is 4.29. The molecule has 0 bridgehead atoms. The Morgan fingerprint density at radius 2 is 2.40 bits per heavy atom. The highest BCUT2D eigenvalue weighted by molar-refractivity contribution is 7.99. The van der Waals surface area contributed by atoms with Gasteiger partial charge in [0.15, 0.2) is 5.82 Å². The number of nitrogens with zero attached hydrogens (tertiary/aromatic N) is 2. The summed E-state index contributed by atoms with van der Waals surface area (Å²) < 4.78 is 0. The quantitative estimate of drug-likeness (QED) is 0.684. The molecule has 4 N–H and O–H groups in total. The smallest absolute Gasteiger partial charge is 0.152 e. The zero-order valence-corrected chi connectivity index (χ0v) is 9.66. The topological polar surface area (TPSA) is 84.1 Å². The van der Waals surface area contributed by atoms with Crippen molar-refractivity contribution >= 4 is 23.3 Å². The lowest BCUT2D eigenvalue weighted by atomic mass is 10.2. The van der Waals surface area contributed by atoms with Gasteiger partial charge < -0.3 is 16.2 Å². The van der Waals surface area contributed by atoms with Crippen molar-refractivity contribution in [1.29, 1.82) is 0 Å². The molecule has 1 rings (SSSR count). The van der Waals surface area contributed by atoms with E-state index in [2.05, 4.69) is 15.3 Å². The highest BCUT2D eigenvalue weighted by Crippen LogP contribution is 2.18. The minimum absolute atomic E-state index is 0.0993. The first kappa shape index (κ1) is 12.1. The van der Waals surface area contributed by atoms with Crippen molar-refractivity contribution < 1.29 is 5.11 Å². The standard InChI is InChI=1S/C9H16N4OS/c1-6(8(4-14)15-2)13-9-7(10)3-11-5-12-9/h3,5-6,8,14H,4,10H2,1-2H3,(H,11,12,13). The Hall–Kier alpha value is -1.01. The lowest BCUT2D eigenvalue weighted by molar-refractivity contribution is 0.288. The van der Waals surface area contributed by atoms with Crippen molar-refractivity contribution in [1.82, 2.24) is 9.97 Å². The average Bonchev–Trinajstić information content (AvgIpc) is 2.23. The first-order valence-corrected chi connectivity index (χ1v) is 5.93. The van der Waals surface area contributed by atoms with E-state index >= 15 is 0 Å². The first-order chi connectivity index (χ1) is 7.19. The number of anilines is 2. The monoisotopic (exact) mass is 228 g/mol. The normalized spacial score (nSPS) is 14.6. The summed E-state index contributed by atoms with van der Waals surface area (Å²) in [5, 5.41) is 12.4. The van der Waals surface area contributed by atoms with Crippen LogP contribution in [0.1, 0.15) is 6.92 Å².